The van der Waals surface area contributed by atoms with E-state index < -0.39 is 23.5 Å². The zero-order valence-electron chi connectivity index (χ0n) is 21.9. The Hall–Kier alpha value is -4.32. The number of nitrogens with one attached hydrogen (secondary N) is 2. The van der Waals surface area contributed by atoms with Crippen molar-refractivity contribution in [2.24, 2.45) is 5.92 Å². The Labute approximate surface area is 233 Å². The maximum absolute atomic E-state index is 13.9. The van der Waals surface area contributed by atoms with Gasteiger partial charge in [-0.2, -0.15) is 13.2 Å². The molecular weight excluding hydrogens is 542 g/mol. The molecule has 2 N–H and O–H groups in total. The Kier molecular flexibility index (Phi) is 8.58. The first-order valence-electron chi connectivity index (χ1n) is 13.1. The number of carbonyl (C=O) groups is 1. The quantitative estimate of drug-likeness (QED) is 0.238. The molecule has 3 heterocycles. The van der Waals surface area contributed by atoms with E-state index in [0.717, 1.165) is 25.3 Å². The van der Waals surface area contributed by atoms with Gasteiger partial charge in [-0.1, -0.05) is 18.2 Å². The number of rotatable bonds is 9. The molecule has 0 aliphatic carbocycles. The fraction of sp³-hybridized carbons (Fsp3) is 0.310. The number of ether oxygens (including phenoxy) is 2. The van der Waals surface area contributed by atoms with Gasteiger partial charge in [0.15, 0.2) is 0 Å². The van der Waals surface area contributed by atoms with Crippen LogP contribution in [0.1, 0.15) is 46.8 Å². The summed E-state index contributed by atoms with van der Waals surface area (Å²) in [6.45, 7) is 1.80. The van der Waals surface area contributed by atoms with Crippen LogP contribution in [0.25, 0.3) is 11.1 Å². The third-order valence-corrected chi connectivity index (χ3v) is 6.80. The van der Waals surface area contributed by atoms with Gasteiger partial charge in [-0.15, -0.1) is 5.10 Å². The van der Waals surface area contributed by atoms with Gasteiger partial charge in [0.1, 0.15) is 23.2 Å². The second-order valence-corrected chi connectivity index (χ2v) is 9.66. The fourth-order valence-corrected chi connectivity index (χ4v) is 4.61. The maximum Gasteiger partial charge on any atom is 0.417 e. The standard InChI is InChI=1S/C29H27F4N5O3/c30-24-4-2-1-3-20(24)16-26-35-27(38-37-26)28(39)36-25-15-19(7-11-34-25)22-17-21(5-6-23(22)29(31,32)33)41-14-10-18-8-12-40-13-9-18/h1-7,11,15,17-18H,8-10,12-14,16H2,(H,34,36,39)(H,35,37,38). The van der Waals surface area contributed by atoms with Gasteiger partial charge in [0.2, 0.25) is 5.82 Å². The fourth-order valence-electron chi connectivity index (χ4n) is 4.61. The van der Waals surface area contributed by atoms with Gasteiger partial charge < -0.3 is 14.8 Å². The predicted molar refractivity (Wildman–Crippen MR) is 142 cm³/mol. The number of amides is 1. The van der Waals surface area contributed by atoms with Gasteiger partial charge in [-0.25, -0.2) is 14.4 Å². The Balaban J connectivity index is 1.30. The largest absolute Gasteiger partial charge is 0.494 e. The third-order valence-electron chi connectivity index (χ3n) is 6.80. The monoisotopic (exact) mass is 569 g/mol. The molecule has 12 heteroatoms. The minimum absolute atomic E-state index is 0.00640. The molecule has 41 heavy (non-hydrogen) atoms. The molecule has 214 valence electrons. The average molecular weight is 570 g/mol. The lowest BCUT2D eigenvalue weighted by Crippen LogP contribution is -2.17. The summed E-state index contributed by atoms with van der Waals surface area (Å²) in [6.07, 6.45) is -0.563. The highest BCUT2D eigenvalue weighted by atomic mass is 19.4. The zero-order valence-corrected chi connectivity index (χ0v) is 21.9. The lowest BCUT2D eigenvalue weighted by molar-refractivity contribution is -0.137. The van der Waals surface area contributed by atoms with Gasteiger partial charge in [-0.3, -0.25) is 9.89 Å². The number of hydrogen-bond donors (Lipinski definition) is 2. The topological polar surface area (TPSA) is 102 Å². The SMILES string of the molecule is O=C(Nc1cc(-c2cc(OCCC3CCOCC3)ccc2C(F)(F)F)ccn1)c1n[nH]c(Cc2ccccc2F)n1. The van der Waals surface area contributed by atoms with Crippen molar-refractivity contribution in [1.82, 2.24) is 20.2 Å². The molecule has 1 amide bonds. The molecule has 1 aliphatic heterocycles. The first-order valence-corrected chi connectivity index (χ1v) is 13.1. The molecule has 8 nitrogen and oxygen atoms in total. The van der Waals surface area contributed by atoms with Crippen molar-refractivity contribution in [2.45, 2.75) is 31.9 Å². The molecule has 2 aromatic carbocycles. The summed E-state index contributed by atoms with van der Waals surface area (Å²) in [7, 11) is 0. The molecule has 0 saturated carbocycles. The van der Waals surface area contributed by atoms with Crippen molar-refractivity contribution in [2.75, 3.05) is 25.1 Å². The molecule has 4 aromatic rings. The predicted octanol–water partition coefficient (Wildman–Crippen LogP) is 6.06. The van der Waals surface area contributed by atoms with E-state index in [1.54, 1.807) is 18.2 Å². The number of nitrogens with zero attached hydrogens (tertiary/aromatic N) is 3. The summed E-state index contributed by atoms with van der Waals surface area (Å²) in [4.78, 5) is 20.9. The van der Waals surface area contributed by atoms with Crippen molar-refractivity contribution in [3.8, 4) is 16.9 Å². The van der Waals surface area contributed by atoms with E-state index in [4.69, 9.17) is 9.47 Å². The minimum Gasteiger partial charge on any atom is -0.494 e. The third kappa shape index (κ3) is 7.26. The Bertz CT molecular complexity index is 1500. The zero-order chi connectivity index (χ0) is 28.8. The van der Waals surface area contributed by atoms with Crippen LogP contribution in [-0.2, 0) is 17.3 Å². The van der Waals surface area contributed by atoms with Crippen LogP contribution in [0.5, 0.6) is 5.75 Å². The Morgan fingerprint density at radius 1 is 1.10 bits per heavy atom. The number of aromatic nitrogens is 4. The molecule has 0 atom stereocenters. The van der Waals surface area contributed by atoms with Crippen molar-refractivity contribution in [1.29, 1.82) is 0 Å². The van der Waals surface area contributed by atoms with Crippen LogP contribution in [0, 0.1) is 11.7 Å². The molecular formula is C29H27F4N5O3. The first kappa shape index (κ1) is 28.2. The molecule has 1 fully saturated rings. The summed E-state index contributed by atoms with van der Waals surface area (Å²) >= 11 is 0. The van der Waals surface area contributed by atoms with Gasteiger partial charge in [-0.05, 0) is 78.3 Å². The molecule has 1 saturated heterocycles. The number of carbonyl (C=O) groups excluding carboxylic acids is 1. The highest BCUT2D eigenvalue weighted by molar-refractivity contribution is 6.01. The van der Waals surface area contributed by atoms with Gasteiger partial charge >= 0.3 is 6.18 Å². The number of halogens is 4. The number of anilines is 1. The summed E-state index contributed by atoms with van der Waals surface area (Å²) in [5, 5.41) is 8.98. The molecule has 0 unspecified atom stereocenters. The average Bonchev–Trinajstić information content (AvgIpc) is 3.43. The number of benzene rings is 2. The molecule has 0 bridgehead atoms. The highest BCUT2D eigenvalue weighted by Crippen LogP contribution is 2.39. The molecule has 5 rings (SSSR count). The summed E-state index contributed by atoms with van der Waals surface area (Å²) in [5.41, 5.74) is -0.387. The number of alkyl halides is 3. The smallest absolute Gasteiger partial charge is 0.417 e. The van der Waals surface area contributed by atoms with Crippen LogP contribution in [0.2, 0.25) is 0 Å². The molecule has 0 spiro atoms. The summed E-state index contributed by atoms with van der Waals surface area (Å²) in [6, 6.07) is 12.6. The second kappa shape index (κ2) is 12.5. The van der Waals surface area contributed by atoms with Crippen LogP contribution in [-0.4, -0.2) is 45.9 Å². The molecule has 0 radical (unpaired) electrons. The Morgan fingerprint density at radius 2 is 1.90 bits per heavy atom. The Morgan fingerprint density at radius 3 is 2.68 bits per heavy atom. The van der Waals surface area contributed by atoms with Gasteiger partial charge in [0.05, 0.1) is 12.2 Å². The lowest BCUT2D eigenvalue weighted by atomic mass is 9.97. The van der Waals surface area contributed by atoms with Crippen molar-refractivity contribution in [3.05, 3.63) is 89.4 Å². The van der Waals surface area contributed by atoms with E-state index in [-0.39, 0.29) is 35.0 Å². The molecule has 1 aliphatic rings. The van der Waals surface area contributed by atoms with Crippen LogP contribution >= 0.6 is 0 Å². The first-order chi connectivity index (χ1) is 19.8. The van der Waals surface area contributed by atoms with E-state index in [2.05, 4.69) is 25.5 Å². The van der Waals surface area contributed by atoms with E-state index in [1.807, 2.05) is 0 Å². The number of H-pyrrole nitrogens is 1. The van der Waals surface area contributed by atoms with E-state index in [0.29, 0.717) is 37.1 Å². The number of aromatic amines is 1. The highest BCUT2D eigenvalue weighted by Gasteiger charge is 2.34. The van der Waals surface area contributed by atoms with Gasteiger partial charge in [0, 0.05) is 25.8 Å². The number of pyridine rings is 1. The minimum atomic E-state index is -4.61. The van der Waals surface area contributed by atoms with Crippen LogP contribution in [0.15, 0.2) is 60.8 Å². The normalized spacial score (nSPS) is 14.1. The lowest BCUT2D eigenvalue weighted by Gasteiger charge is -2.22. The van der Waals surface area contributed by atoms with E-state index >= 15 is 0 Å². The van der Waals surface area contributed by atoms with E-state index in [9.17, 15) is 22.4 Å². The molecule has 2 aromatic heterocycles. The number of hydrogen-bond acceptors (Lipinski definition) is 6. The maximum atomic E-state index is 13.9. The van der Waals surface area contributed by atoms with Crippen molar-refractivity contribution >= 4 is 11.7 Å². The van der Waals surface area contributed by atoms with Crippen LogP contribution < -0.4 is 10.1 Å². The summed E-state index contributed by atoms with van der Waals surface area (Å²) < 4.78 is 66.8. The van der Waals surface area contributed by atoms with Crippen LogP contribution in [0.4, 0.5) is 23.4 Å². The summed E-state index contributed by atoms with van der Waals surface area (Å²) in [5.74, 6) is -0.319. The van der Waals surface area contributed by atoms with E-state index in [1.165, 1.54) is 36.5 Å². The van der Waals surface area contributed by atoms with Crippen molar-refractivity contribution < 1.29 is 31.8 Å². The van der Waals surface area contributed by atoms with Crippen LogP contribution in [0.3, 0.4) is 0 Å². The second-order valence-electron chi connectivity index (χ2n) is 9.66. The van der Waals surface area contributed by atoms with Gasteiger partial charge in [0.25, 0.3) is 5.91 Å². The van der Waals surface area contributed by atoms with Crippen molar-refractivity contribution in [3.63, 3.8) is 0 Å².